The van der Waals surface area contributed by atoms with Gasteiger partial charge in [-0.1, -0.05) is 13.8 Å². The number of primary amides is 1. The van der Waals surface area contributed by atoms with Crippen LogP contribution in [0.15, 0.2) is 24.4 Å². The summed E-state index contributed by atoms with van der Waals surface area (Å²) in [6.45, 7) is 6.90. The van der Waals surface area contributed by atoms with Crippen molar-refractivity contribution in [2.75, 3.05) is 36.0 Å². The molecular formula is C25H31N7O4. The Labute approximate surface area is 209 Å². The summed E-state index contributed by atoms with van der Waals surface area (Å²) in [5.74, 6) is 1.29. The third kappa shape index (κ3) is 3.44. The van der Waals surface area contributed by atoms with E-state index in [4.69, 9.17) is 15.5 Å². The van der Waals surface area contributed by atoms with E-state index in [2.05, 4.69) is 5.32 Å². The highest BCUT2D eigenvalue weighted by Gasteiger charge is 2.51. The molecule has 36 heavy (non-hydrogen) atoms. The molecule has 2 atom stereocenters. The molecule has 0 radical (unpaired) electrons. The van der Waals surface area contributed by atoms with Gasteiger partial charge in [0.05, 0.1) is 18.2 Å². The number of nitrogens with two attached hydrogens (primary N) is 1. The minimum absolute atomic E-state index is 0.0576. The van der Waals surface area contributed by atoms with Crippen molar-refractivity contribution in [3.8, 4) is 17.1 Å². The molecule has 3 saturated heterocycles. The zero-order chi connectivity index (χ0) is 25.1. The number of anilines is 2. The van der Waals surface area contributed by atoms with Crippen molar-refractivity contribution in [2.24, 2.45) is 11.7 Å². The van der Waals surface area contributed by atoms with E-state index in [1.165, 1.54) is 4.90 Å². The first-order valence-electron chi connectivity index (χ1n) is 12.6. The number of nitrogens with one attached hydrogen (secondary N) is 1. The number of nitrogens with zero attached hydrogens (tertiary/aromatic N) is 5. The van der Waals surface area contributed by atoms with Crippen LogP contribution in [-0.2, 0) is 16.1 Å². The first-order valence-corrected chi connectivity index (χ1v) is 12.6. The van der Waals surface area contributed by atoms with E-state index in [-0.39, 0.29) is 35.8 Å². The summed E-state index contributed by atoms with van der Waals surface area (Å²) in [7, 11) is 0. The molecule has 1 aromatic carbocycles. The average molecular weight is 494 g/mol. The molecular weight excluding hydrogens is 462 g/mol. The summed E-state index contributed by atoms with van der Waals surface area (Å²) in [6, 6.07) is 4.52. The third-order valence-corrected chi connectivity index (χ3v) is 7.66. The van der Waals surface area contributed by atoms with Gasteiger partial charge in [0.15, 0.2) is 5.82 Å². The van der Waals surface area contributed by atoms with Crippen molar-refractivity contribution < 1.29 is 19.1 Å². The summed E-state index contributed by atoms with van der Waals surface area (Å²) >= 11 is 0. The number of hydrogen-bond donors (Lipinski definition) is 2. The molecule has 0 aliphatic carbocycles. The number of rotatable bonds is 5. The number of carbonyl (C=O) groups excluding carboxylic acids is 3. The van der Waals surface area contributed by atoms with E-state index >= 15 is 0 Å². The largest absolute Gasteiger partial charge is 0.491 e. The van der Waals surface area contributed by atoms with Crippen LogP contribution in [0.5, 0.6) is 5.75 Å². The van der Waals surface area contributed by atoms with E-state index in [1.807, 2.05) is 47.7 Å². The van der Waals surface area contributed by atoms with Gasteiger partial charge < -0.3 is 25.3 Å². The van der Waals surface area contributed by atoms with Crippen LogP contribution in [-0.4, -0.2) is 76.7 Å². The molecule has 3 fully saturated rings. The van der Waals surface area contributed by atoms with E-state index in [1.54, 1.807) is 4.90 Å². The Balaban J connectivity index is 1.36. The molecule has 0 spiro atoms. The Bertz CT molecular complexity index is 1240. The second-order valence-corrected chi connectivity index (χ2v) is 10.3. The molecule has 5 heterocycles. The minimum atomic E-state index is -0.587. The van der Waals surface area contributed by atoms with Gasteiger partial charge in [-0.05, 0) is 30.9 Å². The van der Waals surface area contributed by atoms with Gasteiger partial charge in [-0.3, -0.25) is 19.4 Å². The molecule has 11 heteroatoms. The van der Waals surface area contributed by atoms with Crippen LogP contribution in [0.3, 0.4) is 0 Å². The van der Waals surface area contributed by atoms with Crippen LogP contribution in [0.2, 0.25) is 0 Å². The first-order chi connectivity index (χ1) is 17.3. The highest BCUT2D eigenvalue weighted by Crippen LogP contribution is 2.39. The lowest BCUT2D eigenvalue weighted by atomic mass is 10.0. The van der Waals surface area contributed by atoms with Crippen molar-refractivity contribution in [3.63, 3.8) is 0 Å². The Hall–Kier alpha value is -3.60. The zero-order valence-electron chi connectivity index (χ0n) is 20.5. The zero-order valence-corrected chi connectivity index (χ0v) is 20.5. The predicted octanol–water partition coefficient (Wildman–Crippen LogP) is 1.16. The number of aromatic nitrogens is 2. The summed E-state index contributed by atoms with van der Waals surface area (Å²) in [5.41, 5.74) is 7.31. The van der Waals surface area contributed by atoms with Crippen molar-refractivity contribution >= 4 is 29.4 Å². The van der Waals surface area contributed by atoms with Crippen molar-refractivity contribution in [2.45, 2.75) is 51.4 Å². The second-order valence-electron chi connectivity index (χ2n) is 10.3. The molecule has 1 unspecified atom stereocenters. The molecule has 2 aromatic rings. The van der Waals surface area contributed by atoms with Gasteiger partial charge in [0.2, 0.25) is 5.91 Å². The van der Waals surface area contributed by atoms with Gasteiger partial charge in [0.1, 0.15) is 30.3 Å². The predicted molar refractivity (Wildman–Crippen MR) is 133 cm³/mol. The van der Waals surface area contributed by atoms with Gasteiger partial charge in [0, 0.05) is 37.6 Å². The van der Waals surface area contributed by atoms with E-state index < -0.39 is 6.04 Å². The Morgan fingerprint density at radius 1 is 1.19 bits per heavy atom. The quantitative estimate of drug-likeness (QED) is 0.599. The Morgan fingerprint density at radius 2 is 2.00 bits per heavy atom. The number of carbonyl (C=O) groups is 3. The third-order valence-electron chi connectivity index (χ3n) is 7.66. The second kappa shape index (κ2) is 8.51. The van der Waals surface area contributed by atoms with E-state index in [0.717, 1.165) is 30.6 Å². The number of urea groups is 1. The SMILES string of the molecule is CC(C)C1C(=O)N(C2CNC2)C(=O)N1c1cn2c(n1)-c1ccc(N3CCC[C@H]3C(N)=O)cc1OCC2. The lowest BCUT2D eigenvalue weighted by molar-refractivity contribution is -0.130. The fourth-order valence-electron chi connectivity index (χ4n) is 5.72. The highest BCUT2D eigenvalue weighted by molar-refractivity contribution is 6.14. The van der Waals surface area contributed by atoms with E-state index in [0.29, 0.717) is 43.6 Å². The molecule has 0 saturated carbocycles. The average Bonchev–Trinajstić information content (AvgIpc) is 3.48. The molecule has 4 aliphatic rings. The van der Waals surface area contributed by atoms with Crippen molar-refractivity contribution in [1.82, 2.24) is 19.8 Å². The number of hydrogen-bond acceptors (Lipinski definition) is 7. The molecule has 6 rings (SSSR count). The molecule has 0 bridgehead atoms. The smallest absolute Gasteiger partial charge is 0.333 e. The van der Waals surface area contributed by atoms with Gasteiger partial charge in [-0.25, -0.2) is 9.78 Å². The van der Waals surface area contributed by atoms with Gasteiger partial charge in [-0.2, -0.15) is 0 Å². The van der Waals surface area contributed by atoms with E-state index in [9.17, 15) is 14.4 Å². The maximum atomic E-state index is 13.5. The van der Waals surface area contributed by atoms with Gasteiger partial charge >= 0.3 is 6.03 Å². The van der Waals surface area contributed by atoms with Crippen LogP contribution >= 0.6 is 0 Å². The summed E-state index contributed by atoms with van der Waals surface area (Å²) < 4.78 is 8.04. The van der Waals surface area contributed by atoms with Crippen molar-refractivity contribution in [3.05, 3.63) is 24.4 Å². The number of amides is 4. The molecule has 1 aromatic heterocycles. The molecule has 11 nitrogen and oxygen atoms in total. The summed E-state index contributed by atoms with van der Waals surface area (Å²) in [6.07, 6.45) is 3.50. The molecule has 3 N–H and O–H groups in total. The lowest BCUT2D eigenvalue weighted by Gasteiger charge is -2.33. The fraction of sp³-hybridized carbons (Fsp3) is 0.520. The van der Waals surface area contributed by atoms with Crippen LogP contribution in [0.1, 0.15) is 26.7 Å². The number of benzene rings is 1. The van der Waals surface area contributed by atoms with Crippen LogP contribution in [0, 0.1) is 5.92 Å². The van der Waals surface area contributed by atoms with Crippen LogP contribution in [0.25, 0.3) is 11.4 Å². The Kier molecular flexibility index (Phi) is 5.40. The normalized spacial score (nSPS) is 24.0. The lowest BCUT2D eigenvalue weighted by Crippen LogP contribution is -2.59. The van der Waals surface area contributed by atoms with Gasteiger partial charge in [0.25, 0.3) is 5.91 Å². The van der Waals surface area contributed by atoms with Crippen LogP contribution in [0.4, 0.5) is 16.3 Å². The summed E-state index contributed by atoms with van der Waals surface area (Å²) in [5, 5.41) is 3.14. The minimum Gasteiger partial charge on any atom is -0.491 e. The fourth-order valence-corrected chi connectivity index (χ4v) is 5.72. The number of imide groups is 1. The number of ether oxygens (including phenoxy) is 1. The van der Waals surface area contributed by atoms with Crippen LogP contribution < -0.4 is 25.6 Å². The highest BCUT2D eigenvalue weighted by atomic mass is 16.5. The first kappa shape index (κ1) is 22.8. The van der Waals surface area contributed by atoms with Gasteiger partial charge in [-0.15, -0.1) is 0 Å². The number of imidazole rings is 1. The van der Waals surface area contributed by atoms with Crippen molar-refractivity contribution in [1.29, 1.82) is 0 Å². The maximum absolute atomic E-state index is 13.5. The molecule has 190 valence electrons. The monoisotopic (exact) mass is 493 g/mol. The summed E-state index contributed by atoms with van der Waals surface area (Å²) in [4.78, 5) is 48.5. The molecule has 4 aliphatic heterocycles. The maximum Gasteiger partial charge on any atom is 0.333 e. The molecule has 4 amide bonds. The topological polar surface area (TPSA) is 126 Å². The Morgan fingerprint density at radius 3 is 2.69 bits per heavy atom. The standard InChI is InChI=1S/C25H31N7O4/c1-14(2)21-24(34)31(16-11-27-12-16)25(35)32(21)20-13-29-8-9-36-19-10-15(5-6-17(19)23(29)28-20)30-7-3-4-18(30)22(26)33/h5-6,10,13-14,16,18,21,27H,3-4,7-9,11-12H2,1-2H3,(H2,26,33)/t18-,21?/m0/s1. The number of fused-ring (bicyclic) bond motifs is 3.